The second kappa shape index (κ2) is 16.9. The number of carboxylic acids is 1. The molecular formula is C46H74O18. The first-order chi connectivity index (χ1) is 29.8. The number of rotatable bonds is 8. The summed E-state index contributed by atoms with van der Waals surface area (Å²) in [7, 11) is 0. The number of aliphatic hydroxyl groups excluding tert-OH is 10. The fourth-order valence-electron chi connectivity index (χ4n) is 14.6. The molecule has 3 aliphatic heterocycles. The lowest BCUT2D eigenvalue weighted by Crippen LogP contribution is -2.68. The lowest BCUT2D eigenvalue weighted by atomic mass is 9.33. The molecule has 18 nitrogen and oxygen atoms in total. The fraction of sp³-hybridized carbons (Fsp3) is 0.935. The van der Waals surface area contributed by atoms with Crippen LogP contribution in [-0.4, -0.2) is 174 Å². The molecule has 0 aromatic carbocycles. The third-order valence-electron chi connectivity index (χ3n) is 18.8. The molecule has 0 radical (unpaired) electrons. The van der Waals surface area contributed by atoms with Gasteiger partial charge in [0.1, 0.15) is 54.9 Å². The average Bonchev–Trinajstić information content (AvgIpc) is 3.22. The van der Waals surface area contributed by atoms with Crippen molar-refractivity contribution in [2.45, 2.75) is 205 Å². The standard InChI is InChI=1S/C46H74O18/c1-41(2)16-21-20-8-9-24-43(4)12-11-26(44(5,19-47)23(43)10-13-46(24,7)45(20,6)15-14-42(21,3)25(49)17-41)60-40-35(30(53)29(52)33(61-40)36(56)57)63-39-34(27(50)22(48)18-59-39)62-38-32(55)28(51)31(54)37(58)64-38/h8,21-35,37-40,47-55,58H,9-19H2,1-7H3,(H,56,57)/t21?,22-,23?,24?,25-,26+,27+,28+,29+,30?,31-,32?,33?,34?,35+,37?,38-,39+,40-,42-,43+,44-,45-,46-/m1/s1. The summed E-state index contributed by atoms with van der Waals surface area (Å²) in [4.78, 5) is 12.4. The van der Waals surface area contributed by atoms with Gasteiger partial charge in [0.15, 0.2) is 31.3 Å². The Hall–Kier alpha value is -1.43. The van der Waals surface area contributed by atoms with Crippen LogP contribution in [-0.2, 0) is 33.2 Å². The summed E-state index contributed by atoms with van der Waals surface area (Å²) in [6, 6.07) is 0. The number of allylic oxidation sites excluding steroid dienone is 2. The van der Waals surface area contributed by atoms with Gasteiger partial charge in [0.2, 0.25) is 0 Å². The maximum Gasteiger partial charge on any atom is 0.335 e. The zero-order valence-electron chi connectivity index (χ0n) is 38.1. The number of aliphatic carboxylic acids is 1. The maximum atomic E-state index is 12.4. The Morgan fingerprint density at radius 2 is 1.36 bits per heavy atom. The van der Waals surface area contributed by atoms with Gasteiger partial charge in [-0.05, 0) is 97.2 Å². The summed E-state index contributed by atoms with van der Waals surface area (Å²) in [6.07, 6.45) is -17.3. The molecule has 24 atom stereocenters. The van der Waals surface area contributed by atoms with Gasteiger partial charge in [-0.2, -0.15) is 0 Å². The largest absolute Gasteiger partial charge is 0.479 e. The van der Waals surface area contributed by atoms with E-state index in [1.54, 1.807) is 0 Å². The van der Waals surface area contributed by atoms with E-state index in [1.807, 2.05) is 6.92 Å². The molecule has 3 saturated heterocycles. The third kappa shape index (κ3) is 7.48. The van der Waals surface area contributed by atoms with E-state index >= 15 is 0 Å². The Labute approximate surface area is 374 Å². The molecular weight excluding hydrogens is 840 g/mol. The van der Waals surface area contributed by atoms with E-state index in [-0.39, 0.29) is 57.5 Å². The first-order valence-electron chi connectivity index (χ1n) is 23.3. The first kappa shape index (κ1) is 49.0. The number of carbonyl (C=O) groups is 1. The van der Waals surface area contributed by atoms with Crippen molar-refractivity contribution in [3.05, 3.63) is 11.6 Å². The van der Waals surface area contributed by atoms with Gasteiger partial charge in [-0.1, -0.05) is 60.1 Å². The fourth-order valence-corrected chi connectivity index (χ4v) is 14.6. The van der Waals surface area contributed by atoms with Gasteiger partial charge in [0, 0.05) is 10.8 Å². The number of ether oxygens (including phenoxy) is 6. The van der Waals surface area contributed by atoms with Crippen LogP contribution in [0, 0.1) is 50.2 Å². The van der Waals surface area contributed by atoms with Gasteiger partial charge in [-0.3, -0.25) is 0 Å². The summed E-state index contributed by atoms with van der Waals surface area (Å²) in [6.45, 7) is 15.2. The van der Waals surface area contributed by atoms with Crippen molar-refractivity contribution in [3.8, 4) is 0 Å². The molecule has 8 rings (SSSR count). The van der Waals surface area contributed by atoms with Crippen LogP contribution >= 0.6 is 0 Å². The van der Waals surface area contributed by atoms with Gasteiger partial charge < -0.3 is 84.6 Å². The van der Waals surface area contributed by atoms with E-state index in [0.29, 0.717) is 12.8 Å². The smallest absolute Gasteiger partial charge is 0.335 e. The normalized spacial score (nSPS) is 56.1. The highest BCUT2D eigenvalue weighted by atomic mass is 16.8. The molecule has 8 aliphatic rings. The molecule has 8 unspecified atom stereocenters. The monoisotopic (exact) mass is 914 g/mol. The molecule has 64 heavy (non-hydrogen) atoms. The van der Waals surface area contributed by atoms with E-state index in [9.17, 15) is 61.0 Å². The molecule has 0 aromatic heterocycles. The molecule has 4 saturated carbocycles. The minimum Gasteiger partial charge on any atom is -0.479 e. The first-order valence-corrected chi connectivity index (χ1v) is 23.3. The topological polar surface area (TPSA) is 295 Å². The molecule has 0 aromatic rings. The van der Waals surface area contributed by atoms with E-state index in [1.165, 1.54) is 5.57 Å². The minimum absolute atomic E-state index is 0.0203. The van der Waals surface area contributed by atoms with Crippen molar-refractivity contribution in [3.63, 3.8) is 0 Å². The molecule has 11 N–H and O–H groups in total. The quantitative estimate of drug-likeness (QED) is 0.115. The number of hydrogen-bond acceptors (Lipinski definition) is 17. The van der Waals surface area contributed by atoms with Gasteiger partial charge in [-0.15, -0.1) is 0 Å². The van der Waals surface area contributed by atoms with Crippen molar-refractivity contribution in [1.82, 2.24) is 0 Å². The van der Waals surface area contributed by atoms with E-state index in [0.717, 1.165) is 44.9 Å². The zero-order valence-corrected chi connectivity index (χ0v) is 38.1. The molecule has 5 aliphatic carbocycles. The zero-order chi connectivity index (χ0) is 46.9. The van der Waals surface area contributed by atoms with Crippen molar-refractivity contribution >= 4 is 5.97 Å². The van der Waals surface area contributed by atoms with Crippen LogP contribution < -0.4 is 0 Å². The molecule has 7 fully saturated rings. The van der Waals surface area contributed by atoms with Crippen molar-refractivity contribution in [2.24, 2.45) is 50.2 Å². The van der Waals surface area contributed by atoms with Crippen LogP contribution in [0.2, 0.25) is 0 Å². The lowest BCUT2D eigenvalue weighted by Gasteiger charge is -2.72. The van der Waals surface area contributed by atoms with Crippen LogP contribution in [0.1, 0.15) is 106 Å². The molecule has 18 heteroatoms. The summed E-state index contributed by atoms with van der Waals surface area (Å²) in [5.41, 5.74) is -0.00314. The maximum absolute atomic E-state index is 12.4. The second-order valence-corrected chi connectivity index (χ2v) is 22.8. The minimum atomic E-state index is -2.04. The van der Waals surface area contributed by atoms with Crippen LogP contribution in [0.3, 0.4) is 0 Å². The van der Waals surface area contributed by atoms with Crippen molar-refractivity contribution in [2.75, 3.05) is 13.2 Å². The van der Waals surface area contributed by atoms with Crippen molar-refractivity contribution < 1.29 is 89.4 Å². The molecule has 0 spiro atoms. The highest BCUT2D eigenvalue weighted by Gasteiger charge is 2.70. The highest BCUT2D eigenvalue weighted by Crippen LogP contribution is 2.76. The summed E-state index contributed by atoms with van der Waals surface area (Å²) in [5, 5.41) is 118. The Bertz CT molecular complexity index is 1770. The predicted octanol–water partition coefficient (Wildman–Crippen LogP) is 0.274. The molecule has 3 heterocycles. The Morgan fingerprint density at radius 3 is 2.03 bits per heavy atom. The summed E-state index contributed by atoms with van der Waals surface area (Å²) in [5.74, 6) is -1.12. The van der Waals surface area contributed by atoms with Gasteiger partial charge >= 0.3 is 5.97 Å². The van der Waals surface area contributed by atoms with Crippen molar-refractivity contribution in [1.29, 1.82) is 0 Å². The predicted molar refractivity (Wildman–Crippen MR) is 221 cm³/mol. The van der Waals surface area contributed by atoms with Crippen LogP contribution in [0.25, 0.3) is 0 Å². The third-order valence-corrected chi connectivity index (χ3v) is 18.8. The van der Waals surface area contributed by atoms with Crippen LogP contribution in [0.4, 0.5) is 0 Å². The Morgan fingerprint density at radius 1 is 0.688 bits per heavy atom. The van der Waals surface area contributed by atoms with Gasteiger partial charge in [-0.25, -0.2) is 4.79 Å². The summed E-state index contributed by atoms with van der Waals surface area (Å²) >= 11 is 0. The molecule has 366 valence electrons. The number of fused-ring (bicyclic) bond motifs is 7. The Kier molecular flexibility index (Phi) is 13.0. The summed E-state index contributed by atoms with van der Waals surface area (Å²) < 4.78 is 35.3. The van der Waals surface area contributed by atoms with E-state index in [2.05, 4.69) is 47.6 Å². The van der Waals surface area contributed by atoms with E-state index < -0.39 is 110 Å². The molecule has 0 bridgehead atoms. The van der Waals surface area contributed by atoms with Crippen LogP contribution in [0.5, 0.6) is 0 Å². The average molecular weight is 915 g/mol. The van der Waals surface area contributed by atoms with E-state index in [4.69, 9.17) is 28.4 Å². The van der Waals surface area contributed by atoms with Gasteiger partial charge in [0.25, 0.3) is 0 Å². The number of carboxylic acid groups (broad SMARTS) is 1. The lowest BCUT2D eigenvalue weighted by molar-refractivity contribution is -0.397. The number of aliphatic hydroxyl groups is 10. The van der Waals surface area contributed by atoms with Crippen LogP contribution in [0.15, 0.2) is 11.6 Å². The molecule has 0 amide bonds. The number of hydrogen-bond donors (Lipinski definition) is 11. The second-order valence-electron chi connectivity index (χ2n) is 22.8. The SMILES string of the molecule is CC1(C)CC2C3=CCC4[C@@]5(C)CC[C@H](O[C@@H]6OC(C(=O)O)[C@@H](O)C(O)[C@@H]6O[C@@H]6OC[C@@H](O)[C@H](O)C6O[C@@H]6OC(O)[C@H](O)[C@H](O)C6O)[C@](C)(CO)C5CC[C@@]4(C)[C@]3(C)CC[C@@]2(C)[C@H](O)C1. The Balaban J connectivity index is 1.06. The highest BCUT2D eigenvalue weighted by molar-refractivity contribution is 5.73. The van der Waals surface area contributed by atoms with Gasteiger partial charge in [0.05, 0.1) is 25.4 Å².